The highest BCUT2D eigenvalue weighted by molar-refractivity contribution is 5.84. The van der Waals surface area contributed by atoms with Crippen LogP contribution in [0.3, 0.4) is 0 Å². The number of hydrogen-bond acceptors (Lipinski definition) is 3. The van der Waals surface area contributed by atoms with Crippen molar-refractivity contribution in [1.29, 1.82) is 0 Å². The molecule has 138 valence electrons. The highest BCUT2D eigenvalue weighted by Gasteiger charge is 2.21. The number of aryl methyl sites for hydroxylation is 3. The van der Waals surface area contributed by atoms with Gasteiger partial charge < -0.3 is 4.74 Å². The van der Waals surface area contributed by atoms with E-state index in [4.69, 9.17) is 9.73 Å². The van der Waals surface area contributed by atoms with Gasteiger partial charge in [-0.15, -0.1) is 0 Å². The van der Waals surface area contributed by atoms with Gasteiger partial charge in [0.15, 0.2) is 0 Å². The molecule has 2 rings (SSSR count). The molecule has 3 nitrogen and oxygen atoms in total. The van der Waals surface area contributed by atoms with Gasteiger partial charge in [-0.25, -0.2) is 0 Å². The van der Waals surface area contributed by atoms with Gasteiger partial charge in [0.1, 0.15) is 5.60 Å². The second-order valence-electron chi connectivity index (χ2n) is 7.81. The van der Waals surface area contributed by atoms with Crippen molar-refractivity contribution in [2.24, 2.45) is 4.99 Å². The second kappa shape index (κ2) is 8.31. The van der Waals surface area contributed by atoms with E-state index in [9.17, 15) is 4.79 Å². The lowest BCUT2D eigenvalue weighted by atomic mass is 10.00. The van der Waals surface area contributed by atoms with Crippen molar-refractivity contribution in [2.45, 2.75) is 59.6 Å². The molecular weight excluding hydrogens is 322 g/mol. The van der Waals surface area contributed by atoms with Gasteiger partial charge in [-0.3, -0.25) is 9.79 Å². The summed E-state index contributed by atoms with van der Waals surface area (Å²) in [6.07, 6.45) is 2.12. The summed E-state index contributed by atoms with van der Waals surface area (Å²) in [7, 11) is 0. The van der Waals surface area contributed by atoms with Crippen LogP contribution in [0.25, 0.3) is 0 Å². The minimum atomic E-state index is -0.494. The first kappa shape index (κ1) is 19.9. The maximum absolute atomic E-state index is 12.3. The lowest BCUT2D eigenvalue weighted by molar-refractivity contribution is -0.155. The Morgan fingerprint density at radius 3 is 2.19 bits per heavy atom. The molecule has 26 heavy (non-hydrogen) atoms. The topological polar surface area (TPSA) is 38.7 Å². The number of aliphatic imine (C=N–C) groups is 1. The fourth-order valence-corrected chi connectivity index (χ4v) is 3.03. The van der Waals surface area contributed by atoms with E-state index in [0.29, 0.717) is 0 Å². The summed E-state index contributed by atoms with van der Waals surface area (Å²) in [5, 5.41) is 0. The van der Waals surface area contributed by atoms with E-state index in [1.165, 1.54) is 16.7 Å². The molecule has 0 aliphatic carbocycles. The maximum atomic E-state index is 12.3. The van der Waals surface area contributed by atoms with Crippen LogP contribution in [-0.4, -0.2) is 17.8 Å². The van der Waals surface area contributed by atoms with Crippen LogP contribution in [0.1, 0.15) is 61.1 Å². The molecule has 0 bridgehead atoms. The zero-order chi connectivity index (χ0) is 19.3. The Kier molecular flexibility index (Phi) is 6.36. The molecule has 0 radical (unpaired) electrons. The molecule has 0 saturated carbocycles. The molecule has 1 atom stereocenters. The molecule has 0 amide bonds. The summed E-state index contributed by atoms with van der Waals surface area (Å²) < 4.78 is 5.49. The van der Waals surface area contributed by atoms with Crippen LogP contribution in [-0.2, 0) is 9.53 Å². The van der Waals surface area contributed by atoms with Gasteiger partial charge in [0.25, 0.3) is 0 Å². The zero-order valence-corrected chi connectivity index (χ0v) is 16.7. The molecule has 3 heteroatoms. The Morgan fingerprint density at radius 2 is 1.65 bits per heavy atom. The number of rotatable bonds is 5. The molecule has 0 saturated heterocycles. The predicted octanol–water partition coefficient (Wildman–Crippen LogP) is 5.50. The van der Waals surface area contributed by atoms with Crippen LogP contribution in [0.15, 0.2) is 47.5 Å². The fraction of sp³-hybridized carbons (Fsp3) is 0.391. The van der Waals surface area contributed by atoms with Gasteiger partial charge >= 0.3 is 5.97 Å². The minimum absolute atomic E-state index is 0.224. The summed E-state index contributed by atoms with van der Waals surface area (Å²) in [4.78, 5) is 17.1. The first-order chi connectivity index (χ1) is 12.2. The summed E-state index contributed by atoms with van der Waals surface area (Å²) >= 11 is 0. The second-order valence-corrected chi connectivity index (χ2v) is 7.81. The normalized spacial score (nSPS) is 13.0. The van der Waals surface area contributed by atoms with Crippen molar-refractivity contribution in [3.05, 3.63) is 70.3 Å². The minimum Gasteiger partial charge on any atom is -0.460 e. The van der Waals surface area contributed by atoms with Crippen LogP contribution in [0.2, 0.25) is 0 Å². The van der Waals surface area contributed by atoms with Gasteiger partial charge in [-0.2, -0.15) is 0 Å². The highest BCUT2D eigenvalue weighted by Crippen LogP contribution is 2.24. The molecule has 2 aromatic carbocycles. The van der Waals surface area contributed by atoms with Crippen LogP contribution in [0, 0.1) is 20.8 Å². The molecule has 0 heterocycles. The molecule has 0 N–H and O–H groups in total. The third kappa shape index (κ3) is 5.83. The number of hydrogen-bond donors (Lipinski definition) is 0. The molecule has 0 unspecified atom stereocenters. The summed E-state index contributed by atoms with van der Waals surface area (Å²) in [5.74, 6) is -0.235. The Balaban J connectivity index is 2.29. The van der Waals surface area contributed by atoms with E-state index in [1.807, 2.05) is 57.3 Å². The van der Waals surface area contributed by atoms with Crippen molar-refractivity contribution in [3.63, 3.8) is 0 Å². The van der Waals surface area contributed by atoms with Crippen molar-refractivity contribution in [3.8, 4) is 0 Å². The summed E-state index contributed by atoms with van der Waals surface area (Å²) in [6, 6.07) is 13.9. The lowest BCUT2D eigenvalue weighted by Crippen LogP contribution is -2.24. The number of benzene rings is 2. The standard InChI is InChI=1S/C23H29NO2/c1-16-12-17(2)20(18(3)13-16)15-24-21(19-10-8-7-9-11-19)14-22(25)26-23(4,5)6/h7-13,15,21H,14H2,1-6H3/t21-/m1/s1. The van der Waals surface area contributed by atoms with Crippen molar-refractivity contribution >= 4 is 12.2 Å². The summed E-state index contributed by atoms with van der Waals surface area (Å²) in [5.41, 5.74) is 5.25. The van der Waals surface area contributed by atoms with E-state index in [1.54, 1.807) is 0 Å². The van der Waals surface area contributed by atoms with E-state index in [0.717, 1.165) is 11.1 Å². The average Bonchev–Trinajstić information content (AvgIpc) is 2.51. The Morgan fingerprint density at radius 1 is 1.08 bits per heavy atom. The summed E-state index contributed by atoms with van der Waals surface area (Å²) in [6.45, 7) is 11.9. The average molecular weight is 351 g/mol. The number of carbonyl (C=O) groups is 1. The smallest absolute Gasteiger partial charge is 0.308 e. The predicted molar refractivity (Wildman–Crippen MR) is 108 cm³/mol. The van der Waals surface area contributed by atoms with Crippen molar-refractivity contribution in [2.75, 3.05) is 0 Å². The van der Waals surface area contributed by atoms with Gasteiger partial charge in [-0.05, 0) is 63.8 Å². The van der Waals surface area contributed by atoms with Crippen molar-refractivity contribution < 1.29 is 9.53 Å². The first-order valence-corrected chi connectivity index (χ1v) is 9.03. The monoisotopic (exact) mass is 351 g/mol. The maximum Gasteiger partial charge on any atom is 0.308 e. The van der Waals surface area contributed by atoms with Crippen LogP contribution < -0.4 is 0 Å². The zero-order valence-electron chi connectivity index (χ0n) is 16.7. The van der Waals surface area contributed by atoms with Crippen molar-refractivity contribution in [1.82, 2.24) is 0 Å². The third-order valence-electron chi connectivity index (χ3n) is 4.09. The van der Waals surface area contributed by atoms with Gasteiger partial charge in [-0.1, -0.05) is 48.0 Å². The van der Waals surface area contributed by atoms with Gasteiger partial charge in [0.05, 0.1) is 12.5 Å². The molecule has 0 fully saturated rings. The first-order valence-electron chi connectivity index (χ1n) is 9.03. The van der Waals surface area contributed by atoms with Gasteiger partial charge in [0, 0.05) is 6.21 Å². The number of carbonyl (C=O) groups excluding carboxylic acids is 1. The molecule has 0 aliphatic heterocycles. The largest absolute Gasteiger partial charge is 0.460 e. The Labute approximate surface area is 157 Å². The molecule has 0 spiro atoms. The fourth-order valence-electron chi connectivity index (χ4n) is 3.03. The number of esters is 1. The Hall–Kier alpha value is -2.42. The number of ether oxygens (including phenoxy) is 1. The van der Waals surface area contributed by atoms with E-state index < -0.39 is 5.60 Å². The van der Waals surface area contributed by atoms with Gasteiger partial charge in [0.2, 0.25) is 0 Å². The van der Waals surface area contributed by atoms with E-state index in [-0.39, 0.29) is 18.4 Å². The quantitative estimate of drug-likeness (QED) is 0.527. The molecular formula is C23H29NO2. The van der Waals surface area contributed by atoms with Crippen LogP contribution in [0.5, 0.6) is 0 Å². The van der Waals surface area contributed by atoms with E-state index in [2.05, 4.69) is 32.9 Å². The van der Waals surface area contributed by atoms with Crippen LogP contribution in [0.4, 0.5) is 0 Å². The lowest BCUT2D eigenvalue weighted by Gasteiger charge is -2.21. The Bertz CT molecular complexity index is 763. The molecule has 0 aliphatic rings. The third-order valence-corrected chi connectivity index (χ3v) is 4.09. The highest BCUT2D eigenvalue weighted by atomic mass is 16.6. The number of nitrogens with zero attached hydrogens (tertiary/aromatic N) is 1. The van der Waals surface area contributed by atoms with E-state index >= 15 is 0 Å². The SMILES string of the molecule is Cc1cc(C)c(C=N[C@H](CC(=O)OC(C)(C)C)c2ccccc2)c(C)c1. The molecule has 2 aromatic rings. The molecule has 0 aromatic heterocycles. The van der Waals surface area contributed by atoms with Crippen LogP contribution >= 0.6 is 0 Å².